The van der Waals surface area contributed by atoms with Crippen LogP contribution in [0.2, 0.25) is 0 Å². The molecule has 1 aliphatic carbocycles. The zero-order chi connectivity index (χ0) is 20.8. The maximum absolute atomic E-state index is 13.5. The molecule has 1 saturated carbocycles. The molecule has 0 atom stereocenters. The summed E-state index contributed by atoms with van der Waals surface area (Å²) in [4.78, 5) is 16.3. The van der Waals surface area contributed by atoms with Crippen molar-refractivity contribution in [1.82, 2.24) is 4.98 Å². The van der Waals surface area contributed by atoms with E-state index in [1.54, 1.807) is 24.3 Å². The number of hydrogen-bond acceptors (Lipinski definition) is 4. The molecule has 2 aromatic carbocycles. The first-order valence-corrected chi connectivity index (χ1v) is 9.70. The number of benzene rings is 2. The van der Waals surface area contributed by atoms with Gasteiger partial charge in [0.05, 0.1) is 10.9 Å². The summed E-state index contributed by atoms with van der Waals surface area (Å²) in [5.74, 6) is -0.324. The van der Waals surface area contributed by atoms with E-state index in [-0.39, 0.29) is 17.5 Å². The highest BCUT2D eigenvalue weighted by molar-refractivity contribution is 5.99. The molecule has 1 aliphatic rings. The molecule has 3 N–H and O–H groups in total. The highest BCUT2D eigenvalue weighted by atomic mass is 19.1. The molecule has 0 spiro atoms. The molecule has 3 aromatic rings. The zero-order valence-corrected chi connectivity index (χ0v) is 16.4. The number of halogens is 1. The van der Waals surface area contributed by atoms with Gasteiger partial charge in [-0.3, -0.25) is 4.79 Å². The molecule has 1 aromatic heterocycles. The van der Waals surface area contributed by atoms with E-state index in [0.29, 0.717) is 30.7 Å². The van der Waals surface area contributed by atoms with E-state index in [4.69, 9.17) is 4.98 Å². The molecule has 0 bridgehead atoms. The number of rotatable bonds is 6. The molecule has 5 nitrogen and oxygen atoms in total. The van der Waals surface area contributed by atoms with Crippen molar-refractivity contribution < 1.29 is 19.4 Å². The third kappa shape index (κ3) is 3.50. The fourth-order valence-corrected chi connectivity index (χ4v) is 3.76. The number of phenols is 1. The van der Waals surface area contributed by atoms with Gasteiger partial charge in [-0.05, 0) is 54.2 Å². The topological polar surface area (TPSA) is 82.5 Å². The van der Waals surface area contributed by atoms with Crippen molar-refractivity contribution in [2.75, 3.05) is 11.9 Å². The quantitative estimate of drug-likeness (QED) is 0.539. The lowest BCUT2D eigenvalue weighted by Gasteiger charge is -2.22. The van der Waals surface area contributed by atoms with Crippen molar-refractivity contribution >= 4 is 22.7 Å². The van der Waals surface area contributed by atoms with Crippen molar-refractivity contribution in [2.45, 2.75) is 32.6 Å². The van der Waals surface area contributed by atoms with Gasteiger partial charge in [0.15, 0.2) is 0 Å². The van der Waals surface area contributed by atoms with Crippen molar-refractivity contribution in [3.8, 4) is 16.9 Å². The fourth-order valence-electron chi connectivity index (χ4n) is 3.76. The number of hydrogen-bond donors (Lipinski definition) is 3. The Morgan fingerprint density at radius 3 is 2.48 bits per heavy atom. The maximum Gasteiger partial charge on any atom is 0.311 e. The molecule has 6 heteroatoms. The number of aromatic nitrogens is 1. The van der Waals surface area contributed by atoms with E-state index in [9.17, 15) is 19.4 Å². The fraction of sp³-hybridized carbons (Fsp3) is 0.304. The molecule has 0 radical (unpaired) electrons. The van der Waals surface area contributed by atoms with Crippen LogP contribution in [0, 0.1) is 11.2 Å². The number of phenolic OH excluding ortho intramolecular Hbond substituents is 1. The Morgan fingerprint density at radius 2 is 1.90 bits per heavy atom. The van der Waals surface area contributed by atoms with Gasteiger partial charge < -0.3 is 15.5 Å². The van der Waals surface area contributed by atoms with Crippen LogP contribution in [-0.2, 0) is 4.79 Å². The summed E-state index contributed by atoms with van der Waals surface area (Å²) in [5, 5.41) is 23.6. The number of nitrogens with zero attached hydrogens (tertiary/aromatic N) is 1. The summed E-state index contributed by atoms with van der Waals surface area (Å²) >= 11 is 0. The predicted molar refractivity (Wildman–Crippen MR) is 111 cm³/mol. The predicted octanol–water partition coefficient (Wildman–Crippen LogP) is 5.15. The van der Waals surface area contributed by atoms with Gasteiger partial charge in [-0.15, -0.1) is 0 Å². The smallest absolute Gasteiger partial charge is 0.311 e. The highest BCUT2D eigenvalue weighted by Gasteiger charge is 2.50. The number of fused-ring (bicyclic) bond motifs is 1. The average molecular weight is 394 g/mol. The van der Waals surface area contributed by atoms with E-state index in [1.165, 1.54) is 12.1 Å². The van der Waals surface area contributed by atoms with Crippen LogP contribution >= 0.6 is 0 Å². The van der Waals surface area contributed by atoms with E-state index in [1.807, 2.05) is 19.9 Å². The van der Waals surface area contributed by atoms with Crippen LogP contribution in [0.25, 0.3) is 22.0 Å². The molecular weight excluding hydrogens is 371 g/mol. The normalized spacial score (nSPS) is 14.9. The third-order valence-electron chi connectivity index (χ3n) is 5.62. The number of nitrogens with one attached hydrogen (secondary N) is 1. The van der Waals surface area contributed by atoms with Crippen molar-refractivity contribution in [2.24, 2.45) is 5.41 Å². The lowest BCUT2D eigenvalue weighted by Crippen LogP contribution is -2.25. The maximum atomic E-state index is 13.5. The molecular formula is C23H23FN2O3. The SMILES string of the molecule is CC(C)c1c(NCC2(C(=O)O)CC2)nc2cc(O)ccc2c1-c1ccc(F)cc1. The first-order valence-electron chi connectivity index (χ1n) is 9.70. The van der Waals surface area contributed by atoms with E-state index >= 15 is 0 Å². The monoisotopic (exact) mass is 394 g/mol. The van der Waals surface area contributed by atoms with Crippen LogP contribution in [0.5, 0.6) is 5.75 Å². The third-order valence-corrected chi connectivity index (χ3v) is 5.62. The molecule has 0 unspecified atom stereocenters. The van der Waals surface area contributed by atoms with Crippen molar-refractivity contribution in [1.29, 1.82) is 0 Å². The van der Waals surface area contributed by atoms with Crippen LogP contribution < -0.4 is 5.32 Å². The Balaban J connectivity index is 1.91. The Labute approximate surface area is 168 Å². The van der Waals surface area contributed by atoms with Crippen molar-refractivity contribution in [3.63, 3.8) is 0 Å². The zero-order valence-electron chi connectivity index (χ0n) is 16.4. The number of anilines is 1. The first kappa shape index (κ1) is 19.2. The average Bonchev–Trinajstić information content (AvgIpc) is 3.47. The standard InChI is InChI=1S/C23H23FN2O3/c1-13(2)19-20(14-3-5-15(24)6-4-14)17-8-7-16(27)11-18(17)26-21(19)25-12-23(9-10-23)22(28)29/h3-8,11,13,27H,9-10,12H2,1-2H3,(H,25,26)(H,28,29). The van der Waals surface area contributed by atoms with Crippen LogP contribution in [0.1, 0.15) is 38.2 Å². The molecule has 0 saturated heterocycles. The van der Waals surface area contributed by atoms with Gasteiger partial charge in [0, 0.05) is 23.6 Å². The Morgan fingerprint density at radius 1 is 1.21 bits per heavy atom. The summed E-state index contributed by atoms with van der Waals surface area (Å²) in [5.41, 5.74) is 2.55. The minimum Gasteiger partial charge on any atom is -0.508 e. The molecule has 0 aliphatic heterocycles. The summed E-state index contributed by atoms with van der Waals surface area (Å²) in [7, 11) is 0. The minimum atomic E-state index is -0.798. The second-order valence-electron chi connectivity index (χ2n) is 8.05. The molecule has 4 rings (SSSR count). The van der Waals surface area contributed by atoms with Gasteiger partial charge in [0.1, 0.15) is 17.4 Å². The Hall–Kier alpha value is -3.15. The van der Waals surface area contributed by atoms with E-state index in [0.717, 1.165) is 22.1 Å². The minimum absolute atomic E-state index is 0.0863. The molecule has 1 heterocycles. The van der Waals surface area contributed by atoms with Crippen LogP contribution in [0.4, 0.5) is 10.2 Å². The lowest BCUT2D eigenvalue weighted by molar-refractivity contribution is -0.142. The lowest BCUT2D eigenvalue weighted by atomic mass is 9.89. The number of carbonyl (C=O) groups is 1. The van der Waals surface area contributed by atoms with Gasteiger partial charge in [-0.25, -0.2) is 9.37 Å². The Kier molecular flexibility index (Phi) is 4.65. The largest absolute Gasteiger partial charge is 0.508 e. The number of aliphatic carboxylic acids is 1. The number of aromatic hydroxyl groups is 1. The number of carboxylic acid groups (broad SMARTS) is 1. The van der Waals surface area contributed by atoms with Gasteiger partial charge in [-0.2, -0.15) is 0 Å². The summed E-state index contributed by atoms with van der Waals surface area (Å²) in [6.07, 6.45) is 1.29. The molecule has 0 amide bonds. The van der Waals surface area contributed by atoms with Crippen molar-refractivity contribution in [3.05, 3.63) is 53.8 Å². The summed E-state index contributed by atoms with van der Waals surface area (Å²) in [6.45, 7) is 4.39. The molecule has 29 heavy (non-hydrogen) atoms. The first-order chi connectivity index (χ1) is 13.8. The second-order valence-corrected chi connectivity index (χ2v) is 8.05. The second kappa shape index (κ2) is 7.03. The summed E-state index contributed by atoms with van der Waals surface area (Å²) < 4.78 is 13.5. The van der Waals surface area contributed by atoms with Gasteiger partial charge in [0.25, 0.3) is 0 Å². The number of carboxylic acids is 1. The van der Waals surface area contributed by atoms with Crippen LogP contribution in [0.3, 0.4) is 0 Å². The highest BCUT2D eigenvalue weighted by Crippen LogP contribution is 2.47. The van der Waals surface area contributed by atoms with E-state index in [2.05, 4.69) is 5.32 Å². The van der Waals surface area contributed by atoms with Gasteiger partial charge >= 0.3 is 5.97 Å². The van der Waals surface area contributed by atoms with Gasteiger partial charge in [-0.1, -0.05) is 26.0 Å². The number of pyridine rings is 1. The Bertz CT molecular complexity index is 1090. The van der Waals surface area contributed by atoms with Crippen LogP contribution in [-0.4, -0.2) is 27.7 Å². The van der Waals surface area contributed by atoms with Crippen LogP contribution in [0.15, 0.2) is 42.5 Å². The summed E-state index contributed by atoms with van der Waals surface area (Å²) in [6, 6.07) is 11.3. The van der Waals surface area contributed by atoms with E-state index < -0.39 is 11.4 Å². The van der Waals surface area contributed by atoms with Gasteiger partial charge in [0.2, 0.25) is 0 Å². The molecule has 1 fully saturated rings. The molecule has 150 valence electrons.